The number of hydrazine groups is 1. The van der Waals surface area contributed by atoms with Gasteiger partial charge in [-0.05, 0) is 22.0 Å². The number of nitrogens with two attached hydrogens (primary N) is 1. The first-order chi connectivity index (χ1) is 10.0. The largest absolute Gasteiger partial charge is 0.333 e. The van der Waals surface area contributed by atoms with Gasteiger partial charge in [-0.2, -0.15) is 4.31 Å². The number of aromatic nitrogens is 3. The molecule has 0 amide bonds. The lowest BCUT2D eigenvalue weighted by Gasteiger charge is -2.27. The Morgan fingerprint density at radius 1 is 1.33 bits per heavy atom. The van der Waals surface area contributed by atoms with Crippen LogP contribution in [0.4, 0.5) is 5.82 Å². The SMILES string of the molecule is NNc1ncc(Br)cc1S(=O)(=O)N1CCn2ccnc2C1. The summed E-state index contributed by atoms with van der Waals surface area (Å²) in [7, 11) is -3.70. The summed E-state index contributed by atoms with van der Waals surface area (Å²) in [5, 5.41) is 0. The maximum absolute atomic E-state index is 12.8. The van der Waals surface area contributed by atoms with Crippen molar-refractivity contribution in [2.75, 3.05) is 12.0 Å². The van der Waals surface area contributed by atoms with E-state index in [-0.39, 0.29) is 17.3 Å². The molecule has 0 aromatic carbocycles. The molecule has 0 atom stereocenters. The second kappa shape index (κ2) is 5.37. The van der Waals surface area contributed by atoms with Gasteiger partial charge in [-0.3, -0.25) is 0 Å². The fourth-order valence-electron chi connectivity index (χ4n) is 2.22. The third-order valence-corrected chi connectivity index (χ3v) is 5.58. The fourth-order valence-corrected chi connectivity index (χ4v) is 4.22. The number of sulfonamides is 1. The van der Waals surface area contributed by atoms with Crippen LogP contribution in [-0.2, 0) is 23.1 Å². The Labute approximate surface area is 130 Å². The number of rotatable bonds is 3. The van der Waals surface area contributed by atoms with Gasteiger partial charge in [0.2, 0.25) is 10.0 Å². The topological polar surface area (TPSA) is 106 Å². The van der Waals surface area contributed by atoms with Crippen LogP contribution < -0.4 is 11.3 Å². The van der Waals surface area contributed by atoms with Crippen LogP contribution in [-0.4, -0.2) is 33.8 Å². The number of hydrogen-bond donors (Lipinski definition) is 2. The van der Waals surface area contributed by atoms with E-state index in [4.69, 9.17) is 5.84 Å². The van der Waals surface area contributed by atoms with E-state index >= 15 is 0 Å². The molecule has 1 aliphatic rings. The number of pyridine rings is 1. The predicted octanol–water partition coefficient (Wildman–Crippen LogP) is 0.531. The Bertz CT molecular complexity index is 775. The molecule has 2 aromatic rings. The normalized spacial score (nSPS) is 15.7. The molecule has 3 heterocycles. The second-order valence-corrected chi connectivity index (χ2v) is 7.34. The van der Waals surface area contributed by atoms with Crippen molar-refractivity contribution in [2.45, 2.75) is 18.0 Å². The zero-order valence-electron chi connectivity index (χ0n) is 10.9. The van der Waals surface area contributed by atoms with E-state index in [1.165, 1.54) is 16.6 Å². The van der Waals surface area contributed by atoms with Crippen molar-refractivity contribution in [1.29, 1.82) is 0 Å². The number of fused-ring (bicyclic) bond motifs is 1. The van der Waals surface area contributed by atoms with Gasteiger partial charge in [-0.25, -0.2) is 24.2 Å². The first-order valence-electron chi connectivity index (χ1n) is 6.14. The number of halogens is 1. The molecular formula is C11H13BrN6O2S. The highest BCUT2D eigenvalue weighted by Crippen LogP contribution is 2.27. The van der Waals surface area contributed by atoms with Gasteiger partial charge < -0.3 is 9.99 Å². The van der Waals surface area contributed by atoms with Crippen LogP contribution in [0.2, 0.25) is 0 Å². The van der Waals surface area contributed by atoms with Crippen molar-refractivity contribution in [3.8, 4) is 0 Å². The van der Waals surface area contributed by atoms with E-state index in [1.54, 1.807) is 6.20 Å². The van der Waals surface area contributed by atoms with Gasteiger partial charge in [-0.15, -0.1) is 0 Å². The maximum atomic E-state index is 12.8. The van der Waals surface area contributed by atoms with Crippen LogP contribution in [0.25, 0.3) is 0 Å². The lowest BCUT2D eigenvalue weighted by atomic mass is 10.4. The van der Waals surface area contributed by atoms with Crippen molar-refractivity contribution in [1.82, 2.24) is 18.8 Å². The Balaban J connectivity index is 2.00. The van der Waals surface area contributed by atoms with Crippen LogP contribution in [0, 0.1) is 0 Å². The van der Waals surface area contributed by atoms with Crippen molar-refractivity contribution in [2.24, 2.45) is 5.84 Å². The van der Waals surface area contributed by atoms with Crippen LogP contribution in [0.3, 0.4) is 0 Å². The van der Waals surface area contributed by atoms with Crippen molar-refractivity contribution in [3.63, 3.8) is 0 Å². The Kier molecular flexibility index (Phi) is 3.69. The standard InChI is InChI=1S/C11H13BrN6O2S/c12-8-5-9(11(16-13)15-6-8)21(19,20)18-4-3-17-2-1-14-10(17)7-18/h1-2,5-6H,3-4,7,13H2,(H,15,16). The molecule has 112 valence electrons. The summed E-state index contributed by atoms with van der Waals surface area (Å²) in [5.74, 6) is 6.20. The minimum atomic E-state index is -3.70. The summed E-state index contributed by atoms with van der Waals surface area (Å²) in [5.41, 5.74) is 2.32. The molecule has 3 rings (SSSR count). The molecule has 1 aliphatic heterocycles. The smallest absolute Gasteiger partial charge is 0.247 e. The lowest BCUT2D eigenvalue weighted by molar-refractivity contribution is 0.335. The predicted molar refractivity (Wildman–Crippen MR) is 79.6 cm³/mol. The third-order valence-electron chi connectivity index (χ3n) is 3.28. The molecule has 0 saturated carbocycles. The van der Waals surface area contributed by atoms with Gasteiger partial charge >= 0.3 is 0 Å². The Hall–Kier alpha value is -1.49. The molecule has 3 N–H and O–H groups in total. The van der Waals surface area contributed by atoms with Crippen molar-refractivity contribution in [3.05, 3.63) is 35.0 Å². The minimum absolute atomic E-state index is 0.0411. The second-order valence-electron chi connectivity index (χ2n) is 4.52. The summed E-state index contributed by atoms with van der Waals surface area (Å²) < 4.78 is 29.4. The van der Waals surface area contributed by atoms with Crippen molar-refractivity contribution < 1.29 is 8.42 Å². The number of nitrogens with one attached hydrogen (secondary N) is 1. The van der Waals surface area contributed by atoms with Gasteiger partial charge in [-0.1, -0.05) is 0 Å². The van der Waals surface area contributed by atoms with Crippen LogP contribution >= 0.6 is 15.9 Å². The quantitative estimate of drug-likeness (QED) is 0.601. The third kappa shape index (κ3) is 2.55. The average Bonchev–Trinajstić information content (AvgIpc) is 2.94. The van der Waals surface area contributed by atoms with E-state index in [9.17, 15) is 8.42 Å². The minimum Gasteiger partial charge on any atom is -0.333 e. The molecule has 21 heavy (non-hydrogen) atoms. The molecule has 0 unspecified atom stereocenters. The molecular weight excluding hydrogens is 360 g/mol. The number of imidazole rings is 1. The van der Waals surface area contributed by atoms with Gasteiger partial charge in [0.15, 0.2) is 5.82 Å². The fraction of sp³-hybridized carbons (Fsp3) is 0.273. The molecule has 8 nitrogen and oxygen atoms in total. The van der Waals surface area contributed by atoms with Crippen molar-refractivity contribution >= 4 is 31.8 Å². The van der Waals surface area contributed by atoms with E-state index in [2.05, 4.69) is 31.3 Å². The van der Waals surface area contributed by atoms with E-state index in [0.29, 0.717) is 17.6 Å². The Morgan fingerprint density at radius 2 is 2.14 bits per heavy atom. The molecule has 0 radical (unpaired) electrons. The molecule has 10 heteroatoms. The number of hydrogen-bond acceptors (Lipinski definition) is 6. The summed E-state index contributed by atoms with van der Waals surface area (Å²) in [6, 6.07) is 1.48. The average molecular weight is 373 g/mol. The molecule has 0 bridgehead atoms. The molecule has 2 aromatic heterocycles. The van der Waals surface area contributed by atoms with E-state index in [1.807, 2.05) is 10.8 Å². The number of nitrogens with zero attached hydrogens (tertiary/aromatic N) is 4. The van der Waals surface area contributed by atoms with Crippen LogP contribution in [0.1, 0.15) is 5.82 Å². The Morgan fingerprint density at radius 3 is 2.90 bits per heavy atom. The number of anilines is 1. The summed E-state index contributed by atoms with van der Waals surface area (Å²) in [4.78, 5) is 8.19. The van der Waals surface area contributed by atoms with Crippen LogP contribution in [0.15, 0.2) is 34.0 Å². The zero-order chi connectivity index (χ0) is 15.0. The highest BCUT2D eigenvalue weighted by atomic mass is 79.9. The van der Waals surface area contributed by atoms with Gasteiger partial charge in [0.05, 0.1) is 6.54 Å². The first kappa shape index (κ1) is 14.4. The first-order valence-corrected chi connectivity index (χ1v) is 8.38. The number of nitrogen functional groups attached to an aromatic ring is 1. The van der Waals surface area contributed by atoms with Crippen LogP contribution in [0.5, 0.6) is 0 Å². The highest BCUT2D eigenvalue weighted by Gasteiger charge is 2.31. The van der Waals surface area contributed by atoms with Gasteiger partial charge in [0.1, 0.15) is 10.7 Å². The molecule has 0 aliphatic carbocycles. The maximum Gasteiger partial charge on any atom is 0.247 e. The van der Waals surface area contributed by atoms with Gasteiger partial charge in [0.25, 0.3) is 0 Å². The summed E-state index contributed by atoms with van der Waals surface area (Å²) in [6.45, 7) is 1.18. The molecule has 0 fully saturated rings. The zero-order valence-corrected chi connectivity index (χ0v) is 13.3. The lowest BCUT2D eigenvalue weighted by Crippen LogP contribution is -2.38. The molecule has 0 saturated heterocycles. The highest BCUT2D eigenvalue weighted by molar-refractivity contribution is 9.10. The van der Waals surface area contributed by atoms with Gasteiger partial charge in [0, 0.05) is 36.2 Å². The van der Waals surface area contributed by atoms with E-state index < -0.39 is 10.0 Å². The van der Waals surface area contributed by atoms with E-state index in [0.717, 1.165) is 5.82 Å². The summed E-state index contributed by atoms with van der Waals surface area (Å²) in [6.07, 6.45) is 4.99. The molecule has 0 spiro atoms. The monoisotopic (exact) mass is 372 g/mol. The summed E-state index contributed by atoms with van der Waals surface area (Å²) >= 11 is 3.23.